The predicted octanol–water partition coefficient (Wildman–Crippen LogP) is 2.29. The summed E-state index contributed by atoms with van der Waals surface area (Å²) in [6, 6.07) is 0. The van der Waals surface area contributed by atoms with Gasteiger partial charge < -0.3 is 10.6 Å². The molecule has 0 heterocycles. The van der Waals surface area contributed by atoms with E-state index in [1.165, 1.54) is 25.7 Å². The second-order valence-corrected chi connectivity index (χ2v) is 5.35. The standard InChI is InChI=1S/C12H20F3N3/c1-16-10(17-7-6-12(13,14)15)18-8-11(4-5-11)9-2-3-9/h9H,2-8H2,1H3,(H2,16,17,18). The van der Waals surface area contributed by atoms with E-state index in [9.17, 15) is 13.2 Å². The van der Waals surface area contributed by atoms with Crippen molar-refractivity contribution in [1.82, 2.24) is 10.6 Å². The minimum Gasteiger partial charge on any atom is -0.356 e. The maximum absolute atomic E-state index is 12.0. The molecule has 2 rings (SSSR count). The zero-order chi connectivity index (χ0) is 13.2. The van der Waals surface area contributed by atoms with Crippen molar-refractivity contribution in [3.63, 3.8) is 0 Å². The van der Waals surface area contributed by atoms with Crippen LogP contribution in [0, 0.1) is 11.3 Å². The van der Waals surface area contributed by atoms with Gasteiger partial charge in [0.05, 0.1) is 6.42 Å². The third kappa shape index (κ3) is 3.78. The number of hydrogen-bond acceptors (Lipinski definition) is 1. The monoisotopic (exact) mass is 263 g/mol. The van der Waals surface area contributed by atoms with E-state index >= 15 is 0 Å². The fraction of sp³-hybridized carbons (Fsp3) is 0.917. The van der Waals surface area contributed by atoms with Gasteiger partial charge in [0.15, 0.2) is 5.96 Å². The molecule has 0 unspecified atom stereocenters. The summed E-state index contributed by atoms with van der Waals surface area (Å²) in [6.45, 7) is 0.711. The van der Waals surface area contributed by atoms with Crippen LogP contribution in [0.25, 0.3) is 0 Å². The number of nitrogens with one attached hydrogen (secondary N) is 2. The highest BCUT2D eigenvalue weighted by atomic mass is 19.4. The van der Waals surface area contributed by atoms with Crippen molar-refractivity contribution in [1.29, 1.82) is 0 Å². The molecule has 0 aromatic carbocycles. The molecule has 0 bridgehead atoms. The Labute approximate surface area is 105 Å². The number of alkyl halides is 3. The highest BCUT2D eigenvalue weighted by Gasteiger charge is 2.53. The average molecular weight is 263 g/mol. The lowest BCUT2D eigenvalue weighted by Gasteiger charge is -2.18. The molecule has 18 heavy (non-hydrogen) atoms. The Morgan fingerprint density at radius 3 is 2.39 bits per heavy atom. The molecule has 2 saturated carbocycles. The van der Waals surface area contributed by atoms with E-state index in [2.05, 4.69) is 15.6 Å². The fourth-order valence-corrected chi connectivity index (χ4v) is 2.39. The minimum atomic E-state index is -4.11. The number of rotatable bonds is 5. The molecule has 0 saturated heterocycles. The van der Waals surface area contributed by atoms with Gasteiger partial charge in [-0.05, 0) is 37.0 Å². The van der Waals surface area contributed by atoms with Gasteiger partial charge in [0, 0.05) is 20.1 Å². The highest BCUT2D eigenvalue weighted by Crippen LogP contribution is 2.60. The number of guanidine groups is 1. The average Bonchev–Trinajstić information content (AvgIpc) is 3.14. The third-order valence-electron chi connectivity index (χ3n) is 3.87. The van der Waals surface area contributed by atoms with Gasteiger partial charge in [0.2, 0.25) is 0 Å². The van der Waals surface area contributed by atoms with Crippen molar-refractivity contribution in [3.05, 3.63) is 0 Å². The molecule has 2 aliphatic carbocycles. The topological polar surface area (TPSA) is 36.4 Å². The first-order chi connectivity index (χ1) is 8.45. The molecule has 2 fully saturated rings. The van der Waals surface area contributed by atoms with Crippen molar-refractivity contribution < 1.29 is 13.2 Å². The largest absolute Gasteiger partial charge is 0.390 e. The Morgan fingerprint density at radius 1 is 1.28 bits per heavy atom. The van der Waals surface area contributed by atoms with E-state index < -0.39 is 12.6 Å². The summed E-state index contributed by atoms with van der Waals surface area (Å²) in [5, 5.41) is 5.86. The quantitative estimate of drug-likeness (QED) is 0.590. The van der Waals surface area contributed by atoms with Crippen LogP contribution in [0.2, 0.25) is 0 Å². The van der Waals surface area contributed by atoms with Crippen LogP contribution in [-0.2, 0) is 0 Å². The van der Waals surface area contributed by atoms with Gasteiger partial charge in [0.25, 0.3) is 0 Å². The number of aliphatic imine (C=N–C) groups is 1. The Bertz CT molecular complexity index is 317. The predicted molar refractivity (Wildman–Crippen MR) is 64.4 cm³/mol. The first kappa shape index (κ1) is 13.5. The first-order valence-corrected chi connectivity index (χ1v) is 6.46. The first-order valence-electron chi connectivity index (χ1n) is 6.46. The van der Waals surface area contributed by atoms with Gasteiger partial charge >= 0.3 is 6.18 Å². The number of hydrogen-bond donors (Lipinski definition) is 2. The van der Waals surface area contributed by atoms with Crippen LogP contribution < -0.4 is 10.6 Å². The van der Waals surface area contributed by atoms with Crippen LogP contribution >= 0.6 is 0 Å². The number of nitrogens with zero attached hydrogens (tertiary/aromatic N) is 1. The lowest BCUT2D eigenvalue weighted by atomic mass is 10.0. The Morgan fingerprint density at radius 2 is 1.94 bits per heavy atom. The Kier molecular flexibility index (Phi) is 3.73. The summed E-state index contributed by atoms with van der Waals surface area (Å²) >= 11 is 0. The second kappa shape index (κ2) is 4.97. The molecular formula is C12H20F3N3. The summed E-state index contributed by atoms with van der Waals surface area (Å²) in [7, 11) is 1.58. The van der Waals surface area contributed by atoms with Crippen molar-refractivity contribution in [3.8, 4) is 0 Å². The summed E-state index contributed by atoms with van der Waals surface area (Å²) in [5.74, 6) is 1.31. The van der Waals surface area contributed by atoms with E-state index in [0.29, 0.717) is 11.4 Å². The summed E-state index contributed by atoms with van der Waals surface area (Å²) in [5.41, 5.74) is 0.418. The number of halogens is 3. The zero-order valence-electron chi connectivity index (χ0n) is 10.6. The molecule has 0 aromatic rings. The van der Waals surface area contributed by atoms with Crippen molar-refractivity contribution >= 4 is 5.96 Å². The molecule has 104 valence electrons. The normalized spacial score (nSPS) is 22.8. The maximum Gasteiger partial charge on any atom is 0.390 e. The van der Waals surface area contributed by atoms with Gasteiger partial charge in [0.1, 0.15) is 0 Å². The molecule has 3 nitrogen and oxygen atoms in total. The van der Waals surface area contributed by atoms with Gasteiger partial charge in [-0.1, -0.05) is 0 Å². The minimum absolute atomic E-state index is 0.125. The van der Waals surface area contributed by atoms with Crippen molar-refractivity contribution in [2.45, 2.75) is 38.3 Å². The van der Waals surface area contributed by atoms with Gasteiger partial charge in [-0.2, -0.15) is 13.2 Å². The molecule has 2 aliphatic rings. The summed E-state index contributed by atoms with van der Waals surface area (Å²) in [6.07, 6.45) is 0.150. The van der Waals surface area contributed by atoms with Gasteiger partial charge in [-0.15, -0.1) is 0 Å². The van der Waals surface area contributed by atoms with Gasteiger partial charge in [-0.25, -0.2) is 0 Å². The van der Waals surface area contributed by atoms with Crippen LogP contribution in [0.3, 0.4) is 0 Å². The molecule has 0 amide bonds. The molecule has 0 aliphatic heterocycles. The fourth-order valence-electron chi connectivity index (χ4n) is 2.39. The maximum atomic E-state index is 12.0. The Hall–Kier alpha value is -0.940. The van der Waals surface area contributed by atoms with Crippen LogP contribution in [0.1, 0.15) is 32.1 Å². The van der Waals surface area contributed by atoms with E-state index in [0.717, 1.165) is 12.5 Å². The Balaban J connectivity index is 1.67. The van der Waals surface area contributed by atoms with Crippen LogP contribution in [-0.4, -0.2) is 32.3 Å². The molecule has 6 heteroatoms. The van der Waals surface area contributed by atoms with E-state index in [1.54, 1.807) is 7.05 Å². The molecule has 0 spiro atoms. The summed E-state index contributed by atoms with van der Waals surface area (Å²) < 4.78 is 36.0. The molecule has 2 N–H and O–H groups in total. The SMILES string of the molecule is CN=C(NCCC(F)(F)F)NCC1(C2CC2)CC1. The molecular weight excluding hydrogens is 243 g/mol. The van der Waals surface area contributed by atoms with Crippen molar-refractivity contribution in [2.75, 3.05) is 20.1 Å². The lowest BCUT2D eigenvalue weighted by Crippen LogP contribution is -2.41. The third-order valence-corrected chi connectivity index (χ3v) is 3.87. The van der Waals surface area contributed by atoms with Crippen molar-refractivity contribution in [2.24, 2.45) is 16.3 Å². The van der Waals surface area contributed by atoms with Gasteiger partial charge in [-0.3, -0.25) is 4.99 Å². The van der Waals surface area contributed by atoms with Crippen LogP contribution in [0.15, 0.2) is 4.99 Å². The second-order valence-electron chi connectivity index (χ2n) is 5.35. The van der Waals surface area contributed by atoms with Crippen LogP contribution in [0.5, 0.6) is 0 Å². The highest BCUT2D eigenvalue weighted by molar-refractivity contribution is 5.79. The lowest BCUT2D eigenvalue weighted by molar-refractivity contribution is -0.132. The molecule has 0 radical (unpaired) electrons. The van der Waals surface area contributed by atoms with E-state index in [-0.39, 0.29) is 6.54 Å². The van der Waals surface area contributed by atoms with Crippen LogP contribution in [0.4, 0.5) is 13.2 Å². The smallest absolute Gasteiger partial charge is 0.356 e. The molecule has 0 aromatic heterocycles. The summed E-state index contributed by atoms with van der Waals surface area (Å²) in [4.78, 5) is 3.95. The molecule has 0 atom stereocenters. The van der Waals surface area contributed by atoms with E-state index in [1.807, 2.05) is 0 Å². The zero-order valence-corrected chi connectivity index (χ0v) is 10.6. The van der Waals surface area contributed by atoms with E-state index in [4.69, 9.17) is 0 Å².